The molecule has 1 heterocycles. The molecule has 0 N–H and O–H groups in total. The second-order valence-electron chi connectivity index (χ2n) is 4.11. The highest BCUT2D eigenvalue weighted by molar-refractivity contribution is 9.10. The Hall–Kier alpha value is -1.95. The van der Waals surface area contributed by atoms with Crippen molar-refractivity contribution in [1.29, 1.82) is 0 Å². The van der Waals surface area contributed by atoms with Crippen LogP contribution in [-0.2, 0) is 6.54 Å². The average Bonchev–Trinajstić information content (AvgIpc) is 2.79. The molecule has 0 bridgehead atoms. The molecule has 0 fully saturated rings. The molecule has 2 rings (SSSR count). The number of aromatic nitrogens is 1. The van der Waals surface area contributed by atoms with E-state index in [1.165, 1.54) is 19.1 Å². The molecule has 0 amide bonds. The van der Waals surface area contributed by atoms with Crippen molar-refractivity contribution < 1.29 is 9.72 Å². The van der Waals surface area contributed by atoms with E-state index < -0.39 is 4.92 Å². The van der Waals surface area contributed by atoms with Gasteiger partial charge in [0.05, 0.1) is 10.6 Å². The first-order chi connectivity index (χ1) is 8.99. The normalized spacial score (nSPS) is 10.4. The van der Waals surface area contributed by atoms with Gasteiger partial charge in [0.15, 0.2) is 5.78 Å². The number of carbonyl (C=O) groups is 1. The maximum Gasteiger partial charge on any atom is 0.270 e. The van der Waals surface area contributed by atoms with Crippen LogP contribution in [0.15, 0.2) is 41.0 Å². The number of Topliss-reactive ketones (excluding diaryl/α,β-unsaturated/α-hetero) is 1. The summed E-state index contributed by atoms with van der Waals surface area (Å²) in [6, 6.07) is 8.16. The van der Waals surface area contributed by atoms with E-state index in [0.717, 1.165) is 5.56 Å². The Bertz CT molecular complexity index is 649. The maximum absolute atomic E-state index is 11.4. The number of non-ortho nitro benzene ring substituents is 1. The minimum Gasteiger partial charge on any atom is -0.341 e. The van der Waals surface area contributed by atoms with Crippen molar-refractivity contribution in [3.63, 3.8) is 0 Å². The number of benzene rings is 1. The number of carbonyl (C=O) groups excluding carboxylic acids is 1. The summed E-state index contributed by atoms with van der Waals surface area (Å²) in [5.41, 5.74) is 1.53. The highest BCUT2D eigenvalue weighted by Gasteiger charge is 2.11. The van der Waals surface area contributed by atoms with E-state index in [4.69, 9.17) is 0 Å². The topological polar surface area (TPSA) is 65.1 Å². The highest BCUT2D eigenvalue weighted by Crippen LogP contribution is 2.24. The minimum absolute atomic E-state index is 0.0111. The molecule has 0 saturated carbocycles. The van der Waals surface area contributed by atoms with Gasteiger partial charge in [-0.05, 0) is 23.8 Å². The molecule has 0 spiro atoms. The minimum atomic E-state index is -0.439. The number of nitrogens with zero attached hydrogens (tertiary/aromatic N) is 2. The number of hydrogen-bond acceptors (Lipinski definition) is 3. The summed E-state index contributed by atoms with van der Waals surface area (Å²) >= 11 is 3.32. The SMILES string of the molecule is CC(=O)c1cccn1Cc1ccc([N+](=O)[O-])cc1Br. The second kappa shape index (κ2) is 5.36. The summed E-state index contributed by atoms with van der Waals surface area (Å²) in [6.45, 7) is 2.00. The number of nitro benzene ring substituents is 1. The molecule has 5 nitrogen and oxygen atoms in total. The lowest BCUT2D eigenvalue weighted by Crippen LogP contribution is -2.07. The third-order valence-electron chi connectivity index (χ3n) is 2.78. The van der Waals surface area contributed by atoms with E-state index >= 15 is 0 Å². The molecule has 98 valence electrons. The van der Waals surface area contributed by atoms with Crippen molar-refractivity contribution in [2.24, 2.45) is 0 Å². The molecule has 6 heteroatoms. The zero-order valence-corrected chi connectivity index (χ0v) is 11.8. The quantitative estimate of drug-likeness (QED) is 0.492. The molecule has 0 atom stereocenters. The summed E-state index contributed by atoms with van der Waals surface area (Å²) in [7, 11) is 0. The number of halogens is 1. The van der Waals surface area contributed by atoms with Crippen molar-refractivity contribution in [3.05, 3.63) is 62.4 Å². The Kier molecular flexibility index (Phi) is 3.80. The third kappa shape index (κ3) is 2.90. The van der Waals surface area contributed by atoms with Crippen LogP contribution in [0, 0.1) is 10.1 Å². The third-order valence-corrected chi connectivity index (χ3v) is 3.52. The number of hydrogen-bond donors (Lipinski definition) is 0. The van der Waals surface area contributed by atoms with Gasteiger partial charge in [-0.2, -0.15) is 0 Å². The van der Waals surface area contributed by atoms with Crippen molar-refractivity contribution in [1.82, 2.24) is 4.57 Å². The Balaban J connectivity index is 2.31. The van der Waals surface area contributed by atoms with Crippen molar-refractivity contribution in [2.75, 3.05) is 0 Å². The van der Waals surface area contributed by atoms with E-state index in [9.17, 15) is 14.9 Å². The molecule has 0 aliphatic rings. The Labute approximate surface area is 118 Å². The molecule has 0 aliphatic heterocycles. The molecule has 0 unspecified atom stereocenters. The fourth-order valence-corrected chi connectivity index (χ4v) is 2.33. The molecule has 2 aromatic rings. The van der Waals surface area contributed by atoms with Gasteiger partial charge >= 0.3 is 0 Å². The Morgan fingerprint density at radius 3 is 2.74 bits per heavy atom. The predicted molar refractivity (Wildman–Crippen MR) is 74.3 cm³/mol. The molecule has 19 heavy (non-hydrogen) atoms. The van der Waals surface area contributed by atoms with Crippen LogP contribution >= 0.6 is 15.9 Å². The number of ketones is 1. The van der Waals surface area contributed by atoms with Gasteiger partial charge in [0.25, 0.3) is 5.69 Å². The zero-order valence-electron chi connectivity index (χ0n) is 10.2. The summed E-state index contributed by atoms with van der Waals surface area (Å²) < 4.78 is 2.47. The van der Waals surface area contributed by atoms with Crippen LogP contribution in [0.4, 0.5) is 5.69 Å². The number of rotatable bonds is 4. The average molecular weight is 323 g/mol. The lowest BCUT2D eigenvalue weighted by Gasteiger charge is -2.09. The van der Waals surface area contributed by atoms with E-state index in [2.05, 4.69) is 15.9 Å². The van der Waals surface area contributed by atoms with Crippen LogP contribution in [0.25, 0.3) is 0 Å². The Morgan fingerprint density at radius 2 is 2.16 bits per heavy atom. The van der Waals surface area contributed by atoms with Crippen LogP contribution in [0.1, 0.15) is 23.0 Å². The summed E-state index contributed by atoms with van der Waals surface area (Å²) in [6.07, 6.45) is 1.81. The lowest BCUT2D eigenvalue weighted by atomic mass is 10.2. The fourth-order valence-electron chi connectivity index (χ4n) is 1.83. The lowest BCUT2D eigenvalue weighted by molar-refractivity contribution is -0.384. The van der Waals surface area contributed by atoms with Crippen molar-refractivity contribution >= 4 is 27.4 Å². The first-order valence-electron chi connectivity index (χ1n) is 5.58. The molecular formula is C13H11BrN2O3. The van der Waals surface area contributed by atoms with E-state index in [0.29, 0.717) is 16.7 Å². The maximum atomic E-state index is 11.4. The van der Waals surface area contributed by atoms with Gasteiger partial charge in [0, 0.05) is 36.3 Å². The second-order valence-corrected chi connectivity index (χ2v) is 4.96. The van der Waals surface area contributed by atoms with Crippen LogP contribution in [-0.4, -0.2) is 15.3 Å². The summed E-state index contributed by atoms with van der Waals surface area (Å²) in [5, 5.41) is 10.7. The first-order valence-corrected chi connectivity index (χ1v) is 6.37. The van der Waals surface area contributed by atoms with Gasteiger partial charge in [-0.1, -0.05) is 15.9 Å². The van der Waals surface area contributed by atoms with E-state index in [1.54, 1.807) is 18.2 Å². The molecule has 1 aromatic carbocycles. The van der Waals surface area contributed by atoms with E-state index in [1.807, 2.05) is 10.8 Å². The van der Waals surface area contributed by atoms with Crippen LogP contribution in [0.3, 0.4) is 0 Å². The van der Waals surface area contributed by atoms with Crippen LogP contribution in [0.2, 0.25) is 0 Å². The van der Waals surface area contributed by atoms with Crippen LogP contribution < -0.4 is 0 Å². The smallest absolute Gasteiger partial charge is 0.270 e. The van der Waals surface area contributed by atoms with E-state index in [-0.39, 0.29) is 11.5 Å². The number of nitro groups is 1. The molecule has 0 radical (unpaired) electrons. The monoisotopic (exact) mass is 322 g/mol. The molecule has 0 aliphatic carbocycles. The highest BCUT2D eigenvalue weighted by atomic mass is 79.9. The molecular weight excluding hydrogens is 312 g/mol. The van der Waals surface area contributed by atoms with Gasteiger partial charge in [-0.25, -0.2) is 0 Å². The molecule has 1 aromatic heterocycles. The standard InChI is InChI=1S/C13H11BrN2O3/c1-9(17)13-3-2-6-15(13)8-10-4-5-11(16(18)19)7-12(10)14/h2-7H,8H2,1H3. The Morgan fingerprint density at radius 1 is 1.42 bits per heavy atom. The summed E-state index contributed by atoms with van der Waals surface area (Å²) in [4.78, 5) is 21.6. The van der Waals surface area contributed by atoms with Gasteiger partial charge < -0.3 is 4.57 Å². The van der Waals surface area contributed by atoms with Gasteiger partial charge in [0.1, 0.15) is 0 Å². The predicted octanol–water partition coefficient (Wildman–Crippen LogP) is 3.41. The van der Waals surface area contributed by atoms with Gasteiger partial charge in [0.2, 0.25) is 0 Å². The van der Waals surface area contributed by atoms with Crippen molar-refractivity contribution in [3.8, 4) is 0 Å². The largest absolute Gasteiger partial charge is 0.341 e. The van der Waals surface area contributed by atoms with Crippen LogP contribution in [0.5, 0.6) is 0 Å². The zero-order chi connectivity index (χ0) is 14.0. The first kappa shape index (κ1) is 13.5. The summed E-state index contributed by atoms with van der Waals surface area (Å²) in [5.74, 6) is -0.0111. The molecule has 0 saturated heterocycles. The van der Waals surface area contributed by atoms with Crippen molar-refractivity contribution in [2.45, 2.75) is 13.5 Å². The fraction of sp³-hybridized carbons (Fsp3) is 0.154. The van der Waals surface area contributed by atoms with Gasteiger partial charge in [-0.15, -0.1) is 0 Å². The van der Waals surface area contributed by atoms with Gasteiger partial charge in [-0.3, -0.25) is 14.9 Å².